The van der Waals surface area contributed by atoms with Gasteiger partial charge < -0.3 is 16.2 Å². The summed E-state index contributed by atoms with van der Waals surface area (Å²) in [5.74, 6) is 0.417. The van der Waals surface area contributed by atoms with Gasteiger partial charge in [0.2, 0.25) is 0 Å². The van der Waals surface area contributed by atoms with Gasteiger partial charge in [0.1, 0.15) is 0 Å². The average molecular weight is 116 g/mol. The minimum atomic E-state index is -0.281. The fourth-order valence-electron chi connectivity index (χ4n) is 0.776. The molecule has 1 saturated heterocycles. The largest absolute Gasteiger partial charge is 0.391 e. The van der Waals surface area contributed by atoms with Gasteiger partial charge in [-0.3, -0.25) is 0 Å². The van der Waals surface area contributed by atoms with Crippen LogP contribution in [0.15, 0.2) is 0 Å². The van der Waals surface area contributed by atoms with Crippen LogP contribution in [-0.2, 0) is 0 Å². The van der Waals surface area contributed by atoms with Crippen molar-refractivity contribution in [2.75, 3.05) is 19.6 Å². The van der Waals surface area contributed by atoms with Crippen LogP contribution in [0.25, 0.3) is 0 Å². The molecule has 3 heteroatoms. The smallest absolute Gasteiger partial charge is 0.0714 e. The van der Waals surface area contributed by atoms with Gasteiger partial charge in [-0.2, -0.15) is 0 Å². The van der Waals surface area contributed by atoms with Gasteiger partial charge in [-0.1, -0.05) is 0 Å². The number of nitrogens with one attached hydrogen (secondary N) is 1. The van der Waals surface area contributed by atoms with Crippen LogP contribution >= 0.6 is 0 Å². The minimum Gasteiger partial charge on any atom is -0.391 e. The Morgan fingerprint density at radius 3 is 2.50 bits per heavy atom. The fraction of sp³-hybridized carbons (Fsp3) is 1.00. The second kappa shape index (κ2) is 2.44. The zero-order valence-corrected chi connectivity index (χ0v) is 4.80. The predicted octanol–water partition coefficient (Wildman–Crippen LogP) is -1.47. The summed E-state index contributed by atoms with van der Waals surface area (Å²) >= 11 is 0. The lowest BCUT2D eigenvalue weighted by molar-refractivity contribution is 0.0840. The van der Waals surface area contributed by atoms with Gasteiger partial charge in [0, 0.05) is 25.6 Å². The second-order valence-electron chi connectivity index (χ2n) is 2.22. The van der Waals surface area contributed by atoms with Crippen molar-refractivity contribution < 1.29 is 5.11 Å². The van der Waals surface area contributed by atoms with Crippen LogP contribution < -0.4 is 11.1 Å². The lowest BCUT2D eigenvalue weighted by atomic mass is 9.97. The van der Waals surface area contributed by atoms with Gasteiger partial charge in [-0.25, -0.2) is 0 Å². The number of nitrogens with two attached hydrogens (primary N) is 1. The first kappa shape index (κ1) is 6.01. The Hall–Kier alpha value is -0.120. The van der Waals surface area contributed by atoms with Crippen molar-refractivity contribution in [2.45, 2.75) is 6.10 Å². The lowest BCUT2D eigenvalue weighted by Crippen LogP contribution is -2.50. The van der Waals surface area contributed by atoms with Gasteiger partial charge in [0.05, 0.1) is 6.10 Å². The normalized spacial score (nSPS) is 24.8. The Morgan fingerprint density at radius 1 is 1.75 bits per heavy atom. The van der Waals surface area contributed by atoms with E-state index in [1.807, 2.05) is 0 Å². The fourth-order valence-corrected chi connectivity index (χ4v) is 0.776. The molecule has 48 valence electrons. The molecule has 3 nitrogen and oxygen atoms in total. The Kier molecular flexibility index (Phi) is 1.83. The average Bonchev–Trinajstić information content (AvgIpc) is 1.62. The van der Waals surface area contributed by atoms with Gasteiger partial charge >= 0.3 is 0 Å². The number of hydrogen-bond donors (Lipinski definition) is 3. The highest BCUT2D eigenvalue weighted by Gasteiger charge is 2.23. The molecule has 0 aromatic heterocycles. The number of hydrogen-bond acceptors (Lipinski definition) is 3. The molecule has 0 bridgehead atoms. The third-order valence-corrected chi connectivity index (χ3v) is 1.60. The molecule has 1 atom stereocenters. The zero-order valence-electron chi connectivity index (χ0n) is 4.80. The molecule has 1 rings (SSSR count). The summed E-state index contributed by atoms with van der Waals surface area (Å²) in [6, 6.07) is 0. The molecule has 1 fully saturated rings. The lowest BCUT2D eigenvalue weighted by Gasteiger charge is -2.30. The van der Waals surface area contributed by atoms with Crippen molar-refractivity contribution in [1.82, 2.24) is 5.32 Å². The molecule has 0 radical (unpaired) electrons. The first-order valence-electron chi connectivity index (χ1n) is 2.93. The molecule has 0 aromatic carbocycles. The maximum Gasteiger partial charge on any atom is 0.0714 e. The molecule has 1 aliphatic heterocycles. The van der Waals surface area contributed by atoms with Crippen molar-refractivity contribution in [3.63, 3.8) is 0 Å². The Morgan fingerprint density at radius 2 is 2.38 bits per heavy atom. The Bertz CT molecular complexity index is 70.1. The molecule has 4 N–H and O–H groups in total. The molecule has 0 amide bonds. The van der Waals surface area contributed by atoms with Crippen LogP contribution in [0.2, 0.25) is 0 Å². The number of rotatable bonds is 2. The molecule has 0 aliphatic carbocycles. The zero-order chi connectivity index (χ0) is 5.98. The van der Waals surface area contributed by atoms with Crippen LogP contribution in [-0.4, -0.2) is 30.8 Å². The SMILES string of the molecule is NCC(O)C1CNC1. The van der Waals surface area contributed by atoms with Crippen molar-refractivity contribution in [3.05, 3.63) is 0 Å². The van der Waals surface area contributed by atoms with Crippen molar-refractivity contribution >= 4 is 0 Å². The quantitative estimate of drug-likeness (QED) is 0.412. The molecule has 8 heavy (non-hydrogen) atoms. The third kappa shape index (κ3) is 0.992. The first-order valence-corrected chi connectivity index (χ1v) is 2.93. The summed E-state index contributed by atoms with van der Waals surface area (Å²) < 4.78 is 0. The number of aliphatic hydroxyl groups is 1. The summed E-state index contributed by atoms with van der Waals surface area (Å²) in [7, 11) is 0. The van der Waals surface area contributed by atoms with E-state index in [0.717, 1.165) is 13.1 Å². The van der Waals surface area contributed by atoms with E-state index < -0.39 is 0 Å². The highest BCUT2D eigenvalue weighted by Crippen LogP contribution is 2.06. The van der Waals surface area contributed by atoms with Crippen molar-refractivity contribution in [3.8, 4) is 0 Å². The highest BCUT2D eigenvalue weighted by atomic mass is 16.3. The van der Waals surface area contributed by atoms with Gasteiger partial charge in [-0.05, 0) is 0 Å². The maximum atomic E-state index is 9.01. The molecular formula is C5H12N2O. The summed E-state index contributed by atoms with van der Waals surface area (Å²) in [4.78, 5) is 0. The third-order valence-electron chi connectivity index (χ3n) is 1.60. The highest BCUT2D eigenvalue weighted by molar-refractivity contribution is 4.81. The summed E-state index contributed by atoms with van der Waals surface area (Å²) in [5, 5.41) is 12.1. The summed E-state index contributed by atoms with van der Waals surface area (Å²) in [5.41, 5.74) is 5.20. The Balaban J connectivity index is 2.13. The van der Waals surface area contributed by atoms with Gasteiger partial charge in [0.15, 0.2) is 0 Å². The molecule has 0 aromatic rings. The summed E-state index contributed by atoms with van der Waals surface area (Å²) in [6.07, 6.45) is -0.281. The molecule has 0 saturated carbocycles. The van der Waals surface area contributed by atoms with E-state index in [1.165, 1.54) is 0 Å². The predicted molar refractivity (Wildman–Crippen MR) is 31.4 cm³/mol. The molecular weight excluding hydrogens is 104 g/mol. The monoisotopic (exact) mass is 116 g/mol. The molecule has 0 spiro atoms. The molecule has 1 heterocycles. The van der Waals surface area contributed by atoms with Crippen molar-refractivity contribution in [1.29, 1.82) is 0 Å². The number of aliphatic hydroxyl groups excluding tert-OH is 1. The van der Waals surface area contributed by atoms with Crippen LogP contribution in [0, 0.1) is 5.92 Å². The van der Waals surface area contributed by atoms with Crippen LogP contribution in [0.4, 0.5) is 0 Å². The summed E-state index contributed by atoms with van der Waals surface area (Å²) in [6.45, 7) is 2.25. The first-order chi connectivity index (χ1) is 3.84. The minimum absolute atomic E-state index is 0.281. The van der Waals surface area contributed by atoms with E-state index >= 15 is 0 Å². The van der Waals surface area contributed by atoms with E-state index in [9.17, 15) is 0 Å². The van der Waals surface area contributed by atoms with E-state index in [1.54, 1.807) is 0 Å². The van der Waals surface area contributed by atoms with Crippen LogP contribution in [0.3, 0.4) is 0 Å². The van der Waals surface area contributed by atoms with Crippen LogP contribution in [0.5, 0.6) is 0 Å². The molecule has 1 unspecified atom stereocenters. The van der Waals surface area contributed by atoms with E-state index in [-0.39, 0.29) is 6.10 Å². The second-order valence-corrected chi connectivity index (χ2v) is 2.22. The van der Waals surface area contributed by atoms with E-state index in [0.29, 0.717) is 12.5 Å². The Labute approximate surface area is 48.9 Å². The van der Waals surface area contributed by atoms with Crippen molar-refractivity contribution in [2.24, 2.45) is 11.7 Å². The van der Waals surface area contributed by atoms with E-state index in [4.69, 9.17) is 10.8 Å². The van der Waals surface area contributed by atoms with Gasteiger partial charge in [0.25, 0.3) is 0 Å². The molecule has 1 aliphatic rings. The maximum absolute atomic E-state index is 9.01. The van der Waals surface area contributed by atoms with E-state index in [2.05, 4.69) is 5.32 Å². The topological polar surface area (TPSA) is 58.3 Å². The standard InChI is InChI=1S/C5H12N2O/c6-1-5(8)4-2-7-3-4/h4-5,7-8H,1-3,6H2. The van der Waals surface area contributed by atoms with Crippen LogP contribution in [0.1, 0.15) is 0 Å². The van der Waals surface area contributed by atoms with Gasteiger partial charge in [-0.15, -0.1) is 0 Å².